The number of halogens is 2. The predicted octanol–water partition coefficient (Wildman–Crippen LogP) is 3.11. The molecule has 96 valence electrons. The number of nitrogens with zero attached hydrogens (tertiary/aromatic N) is 3. The molecule has 0 amide bonds. The monoisotopic (exact) mass is 285 g/mol. The van der Waals surface area contributed by atoms with E-state index >= 15 is 0 Å². The lowest BCUT2D eigenvalue weighted by Crippen LogP contribution is -2.01. The highest BCUT2D eigenvalue weighted by atomic mass is 35.5. The van der Waals surface area contributed by atoms with Crippen molar-refractivity contribution < 1.29 is 4.74 Å². The molecule has 6 heteroatoms. The minimum Gasteiger partial charge on any atom is -0.378 e. The summed E-state index contributed by atoms with van der Waals surface area (Å²) >= 11 is 12.2. The van der Waals surface area contributed by atoms with Gasteiger partial charge in [-0.3, -0.25) is 0 Å². The molecule has 2 rings (SSSR count). The second kappa shape index (κ2) is 5.69. The fourth-order valence-corrected chi connectivity index (χ4v) is 2.29. The van der Waals surface area contributed by atoms with Gasteiger partial charge in [0, 0.05) is 18.9 Å². The number of pyridine rings is 1. The first-order chi connectivity index (χ1) is 8.67. The number of aryl methyl sites for hydroxylation is 1. The molecule has 0 N–H and O–H groups in total. The Balaban J connectivity index is 2.51. The van der Waals surface area contributed by atoms with Crippen molar-refractivity contribution in [2.45, 2.75) is 19.4 Å². The molecule has 0 aliphatic carbocycles. The first-order valence-electron chi connectivity index (χ1n) is 5.41. The third-order valence-electron chi connectivity index (χ3n) is 2.54. The molecule has 0 aromatic carbocycles. The fourth-order valence-electron chi connectivity index (χ4n) is 1.64. The first-order valence-corrected chi connectivity index (χ1v) is 6.32. The van der Waals surface area contributed by atoms with E-state index in [4.69, 9.17) is 27.9 Å². The van der Waals surface area contributed by atoms with Gasteiger partial charge >= 0.3 is 0 Å². The van der Waals surface area contributed by atoms with Gasteiger partial charge < -0.3 is 4.74 Å². The Labute approximate surface area is 115 Å². The van der Waals surface area contributed by atoms with Crippen molar-refractivity contribution in [2.75, 3.05) is 7.11 Å². The highest BCUT2D eigenvalue weighted by Crippen LogP contribution is 2.25. The maximum absolute atomic E-state index is 6.27. The molecule has 4 nitrogen and oxygen atoms in total. The second-order valence-corrected chi connectivity index (χ2v) is 4.51. The van der Waals surface area contributed by atoms with E-state index < -0.39 is 0 Å². The molecule has 0 radical (unpaired) electrons. The minimum atomic E-state index is 0.295. The number of alkyl halides is 1. The van der Waals surface area contributed by atoms with Gasteiger partial charge in [-0.15, -0.1) is 11.6 Å². The maximum atomic E-state index is 6.27. The lowest BCUT2D eigenvalue weighted by atomic mass is 10.3. The van der Waals surface area contributed by atoms with Gasteiger partial charge in [0.2, 0.25) is 0 Å². The summed E-state index contributed by atoms with van der Waals surface area (Å²) in [6.07, 6.45) is 1.72. The van der Waals surface area contributed by atoms with E-state index in [0.717, 1.165) is 16.8 Å². The lowest BCUT2D eigenvalue weighted by Gasteiger charge is -2.02. The van der Waals surface area contributed by atoms with E-state index in [1.54, 1.807) is 18.0 Å². The van der Waals surface area contributed by atoms with Crippen LogP contribution in [-0.2, 0) is 17.2 Å². The summed E-state index contributed by atoms with van der Waals surface area (Å²) in [6.45, 7) is 2.36. The van der Waals surface area contributed by atoms with E-state index in [-0.39, 0.29) is 0 Å². The van der Waals surface area contributed by atoms with Crippen LogP contribution in [0.25, 0.3) is 5.82 Å². The molecule has 0 aliphatic rings. The van der Waals surface area contributed by atoms with Gasteiger partial charge in [-0.1, -0.05) is 11.6 Å². The molecular formula is C12H13Cl2N3O. The summed E-state index contributed by atoms with van der Waals surface area (Å²) in [7, 11) is 1.61. The summed E-state index contributed by atoms with van der Waals surface area (Å²) in [6, 6.07) is 3.83. The van der Waals surface area contributed by atoms with E-state index in [2.05, 4.69) is 10.1 Å². The Morgan fingerprint density at radius 2 is 2.22 bits per heavy atom. The van der Waals surface area contributed by atoms with Crippen molar-refractivity contribution >= 4 is 23.2 Å². The summed E-state index contributed by atoms with van der Waals surface area (Å²) in [5.41, 5.74) is 2.61. The molecular weight excluding hydrogens is 273 g/mol. The molecule has 18 heavy (non-hydrogen) atoms. The highest BCUT2D eigenvalue weighted by molar-refractivity contribution is 6.31. The number of rotatable bonds is 4. The lowest BCUT2D eigenvalue weighted by molar-refractivity contribution is 0.180. The molecule has 2 aromatic heterocycles. The smallest absolute Gasteiger partial charge is 0.155 e. The zero-order valence-corrected chi connectivity index (χ0v) is 11.7. The van der Waals surface area contributed by atoms with Crippen molar-refractivity contribution in [1.82, 2.24) is 14.8 Å². The van der Waals surface area contributed by atoms with Gasteiger partial charge in [-0.2, -0.15) is 5.10 Å². The molecule has 0 saturated carbocycles. The van der Waals surface area contributed by atoms with Gasteiger partial charge in [0.05, 0.1) is 18.2 Å². The van der Waals surface area contributed by atoms with Crippen LogP contribution >= 0.6 is 23.2 Å². The summed E-state index contributed by atoms with van der Waals surface area (Å²) < 4.78 is 6.67. The molecule has 2 heterocycles. The van der Waals surface area contributed by atoms with Crippen LogP contribution in [0.1, 0.15) is 16.8 Å². The van der Waals surface area contributed by atoms with Crippen LogP contribution in [0.2, 0.25) is 5.15 Å². The SMILES string of the molecule is COCc1nn(-c2cc(C)ccn2)c(Cl)c1CCl. The normalized spacial score (nSPS) is 10.9. The predicted molar refractivity (Wildman–Crippen MR) is 71.4 cm³/mol. The number of hydrogen-bond donors (Lipinski definition) is 0. The third kappa shape index (κ3) is 2.51. The molecule has 0 atom stereocenters. The maximum Gasteiger partial charge on any atom is 0.155 e. The summed E-state index contributed by atoms with van der Waals surface area (Å²) in [5.74, 6) is 0.970. The van der Waals surface area contributed by atoms with Crippen LogP contribution in [0.5, 0.6) is 0 Å². The van der Waals surface area contributed by atoms with Gasteiger partial charge in [0.15, 0.2) is 5.82 Å². The van der Waals surface area contributed by atoms with Crippen molar-refractivity contribution in [3.8, 4) is 5.82 Å². The molecule has 0 unspecified atom stereocenters. The fraction of sp³-hybridized carbons (Fsp3) is 0.333. The topological polar surface area (TPSA) is 39.9 Å². The van der Waals surface area contributed by atoms with E-state index in [1.165, 1.54) is 0 Å². The Hall–Kier alpha value is -1.10. The molecule has 0 bridgehead atoms. The standard InChI is InChI=1S/C12H13Cl2N3O/c1-8-3-4-15-11(5-8)17-12(14)9(6-13)10(16-17)7-18-2/h3-5H,6-7H2,1-2H3. The zero-order valence-electron chi connectivity index (χ0n) is 10.2. The Morgan fingerprint density at radius 3 is 2.83 bits per heavy atom. The number of ether oxygens (including phenoxy) is 1. The zero-order chi connectivity index (χ0) is 13.1. The van der Waals surface area contributed by atoms with Crippen LogP contribution in [0.15, 0.2) is 18.3 Å². The Kier molecular flexibility index (Phi) is 4.22. The van der Waals surface area contributed by atoms with Crippen LogP contribution in [0.3, 0.4) is 0 Å². The average Bonchev–Trinajstić information content (AvgIpc) is 2.66. The summed E-state index contributed by atoms with van der Waals surface area (Å²) in [4.78, 5) is 4.25. The van der Waals surface area contributed by atoms with Crippen LogP contribution in [0, 0.1) is 6.92 Å². The van der Waals surface area contributed by atoms with E-state index in [1.807, 2.05) is 19.1 Å². The Morgan fingerprint density at radius 1 is 1.44 bits per heavy atom. The first kappa shape index (κ1) is 13.3. The van der Waals surface area contributed by atoms with Crippen molar-refractivity contribution in [2.24, 2.45) is 0 Å². The summed E-state index contributed by atoms with van der Waals surface area (Å²) in [5, 5.41) is 4.88. The number of aromatic nitrogens is 3. The van der Waals surface area contributed by atoms with Crippen molar-refractivity contribution in [3.63, 3.8) is 0 Å². The van der Waals surface area contributed by atoms with Crippen LogP contribution in [-0.4, -0.2) is 21.9 Å². The van der Waals surface area contributed by atoms with Crippen LogP contribution in [0.4, 0.5) is 0 Å². The average molecular weight is 286 g/mol. The second-order valence-electron chi connectivity index (χ2n) is 3.89. The van der Waals surface area contributed by atoms with E-state index in [9.17, 15) is 0 Å². The largest absolute Gasteiger partial charge is 0.378 e. The molecule has 0 spiro atoms. The van der Waals surface area contributed by atoms with Crippen LogP contribution < -0.4 is 0 Å². The third-order valence-corrected chi connectivity index (χ3v) is 3.19. The van der Waals surface area contributed by atoms with Gasteiger partial charge in [0.1, 0.15) is 5.15 Å². The van der Waals surface area contributed by atoms with Gasteiger partial charge in [-0.25, -0.2) is 9.67 Å². The van der Waals surface area contributed by atoms with E-state index in [0.29, 0.717) is 23.5 Å². The van der Waals surface area contributed by atoms with Crippen molar-refractivity contribution in [3.05, 3.63) is 40.3 Å². The van der Waals surface area contributed by atoms with Crippen molar-refractivity contribution in [1.29, 1.82) is 0 Å². The minimum absolute atomic E-state index is 0.295. The number of hydrogen-bond acceptors (Lipinski definition) is 3. The molecule has 0 aliphatic heterocycles. The highest BCUT2D eigenvalue weighted by Gasteiger charge is 2.17. The molecule has 0 fully saturated rings. The molecule has 0 saturated heterocycles. The molecule has 2 aromatic rings. The quantitative estimate of drug-likeness (QED) is 0.811. The number of methoxy groups -OCH3 is 1. The van der Waals surface area contributed by atoms with Gasteiger partial charge in [0.25, 0.3) is 0 Å². The Bertz CT molecular complexity index is 554. The van der Waals surface area contributed by atoms with Gasteiger partial charge in [-0.05, 0) is 24.6 Å².